The first-order chi connectivity index (χ1) is 11.2. The van der Waals surface area contributed by atoms with Gasteiger partial charge < -0.3 is 10.1 Å². The van der Waals surface area contributed by atoms with E-state index in [0.717, 1.165) is 43.9 Å². The topological polar surface area (TPSA) is 64.9 Å². The highest BCUT2D eigenvalue weighted by molar-refractivity contribution is 5.11. The van der Waals surface area contributed by atoms with Crippen LogP contribution >= 0.6 is 0 Å². The predicted molar refractivity (Wildman–Crippen MR) is 88.0 cm³/mol. The van der Waals surface area contributed by atoms with E-state index in [4.69, 9.17) is 4.74 Å². The van der Waals surface area contributed by atoms with E-state index in [1.54, 1.807) is 12.4 Å². The Morgan fingerprint density at radius 2 is 2.22 bits per heavy atom. The van der Waals surface area contributed by atoms with Crippen molar-refractivity contribution in [2.45, 2.75) is 32.3 Å². The van der Waals surface area contributed by atoms with Gasteiger partial charge in [0, 0.05) is 63.2 Å². The van der Waals surface area contributed by atoms with Crippen molar-refractivity contribution in [3.05, 3.63) is 41.7 Å². The van der Waals surface area contributed by atoms with Gasteiger partial charge in [0.2, 0.25) is 0 Å². The van der Waals surface area contributed by atoms with Crippen LogP contribution in [0.5, 0.6) is 0 Å². The summed E-state index contributed by atoms with van der Waals surface area (Å²) in [7, 11) is 1.95. The van der Waals surface area contributed by atoms with Crippen molar-refractivity contribution < 1.29 is 4.74 Å². The second-order valence-electron chi connectivity index (χ2n) is 6.18. The first-order valence-corrected chi connectivity index (χ1v) is 8.31. The molecule has 6 heteroatoms. The second kappa shape index (κ2) is 7.66. The Balaban J connectivity index is 1.51. The van der Waals surface area contributed by atoms with Crippen LogP contribution in [0.2, 0.25) is 0 Å². The van der Waals surface area contributed by atoms with Crippen LogP contribution in [0.15, 0.2) is 24.8 Å². The molecule has 2 aromatic rings. The van der Waals surface area contributed by atoms with Crippen LogP contribution in [0, 0.1) is 12.8 Å². The number of nitrogens with one attached hydrogen (secondary N) is 1. The van der Waals surface area contributed by atoms with Crippen molar-refractivity contribution in [1.29, 1.82) is 0 Å². The maximum atomic E-state index is 6.01. The van der Waals surface area contributed by atoms with Crippen LogP contribution in [0.25, 0.3) is 0 Å². The maximum absolute atomic E-state index is 6.01. The summed E-state index contributed by atoms with van der Waals surface area (Å²) >= 11 is 0. The first-order valence-electron chi connectivity index (χ1n) is 8.31. The van der Waals surface area contributed by atoms with Crippen molar-refractivity contribution in [1.82, 2.24) is 25.1 Å². The fourth-order valence-electron chi connectivity index (χ4n) is 3.18. The number of hydrogen-bond donors (Lipinski definition) is 1. The molecule has 1 aliphatic rings. The third-order valence-electron chi connectivity index (χ3n) is 4.43. The van der Waals surface area contributed by atoms with Gasteiger partial charge in [-0.3, -0.25) is 14.6 Å². The van der Waals surface area contributed by atoms with Gasteiger partial charge in [0.1, 0.15) is 0 Å². The third-order valence-corrected chi connectivity index (χ3v) is 4.43. The van der Waals surface area contributed by atoms with Gasteiger partial charge >= 0.3 is 0 Å². The molecule has 0 saturated carbocycles. The molecule has 3 heterocycles. The molecule has 0 aromatic carbocycles. The first kappa shape index (κ1) is 16.1. The summed E-state index contributed by atoms with van der Waals surface area (Å²) < 4.78 is 7.85. The van der Waals surface area contributed by atoms with E-state index < -0.39 is 0 Å². The minimum atomic E-state index is 0.156. The van der Waals surface area contributed by atoms with Gasteiger partial charge in [-0.15, -0.1) is 0 Å². The summed E-state index contributed by atoms with van der Waals surface area (Å²) in [6.45, 7) is 4.72. The minimum Gasteiger partial charge on any atom is -0.373 e. The van der Waals surface area contributed by atoms with E-state index in [-0.39, 0.29) is 6.10 Å². The predicted octanol–water partition coefficient (Wildman–Crippen LogP) is 1.82. The molecule has 2 aromatic heterocycles. The van der Waals surface area contributed by atoms with Crippen LogP contribution in [0.1, 0.15) is 35.9 Å². The molecule has 6 nitrogen and oxygen atoms in total. The van der Waals surface area contributed by atoms with E-state index in [9.17, 15) is 0 Å². The lowest BCUT2D eigenvalue weighted by Crippen LogP contribution is -2.32. The Labute approximate surface area is 137 Å². The molecule has 2 atom stereocenters. The molecule has 1 aliphatic heterocycles. The lowest BCUT2D eigenvalue weighted by molar-refractivity contribution is -0.0277. The average molecular weight is 315 g/mol. The van der Waals surface area contributed by atoms with Gasteiger partial charge in [0.15, 0.2) is 0 Å². The maximum Gasteiger partial charge on any atom is 0.0895 e. The SMILES string of the molecule is Cc1nccnc1CCNC[C@@H]1CCCO[C@H]1c1cnn(C)c1. The summed E-state index contributed by atoms with van der Waals surface area (Å²) in [5.74, 6) is 0.496. The van der Waals surface area contributed by atoms with Crippen molar-refractivity contribution in [3.63, 3.8) is 0 Å². The van der Waals surface area contributed by atoms with Gasteiger partial charge in [-0.25, -0.2) is 0 Å². The molecule has 0 radical (unpaired) electrons. The lowest BCUT2D eigenvalue weighted by Gasteiger charge is -2.31. The zero-order valence-corrected chi connectivity index (χ0v) is 13.9. The molecular formula is C17H25N5O. The summed E-state index contributed by atoms with van der Waals surface area (Å²) in [6, 6.07) is 0. The van der Waals surface area contributed by atoms with Gasteiger partial charge in [0.25, 0.3) is 0 Å². The van der Waals surface area contributed by atoms with E-state index in [2.05, 4.69) is 26.6 Å². The summed E-state index contributed by atoms with van der Waals surface area (Å²) in [6.07, 6.45) is 10.9. The van der Waals surface area contributed by atoms with Crippen LogP contribution in [-0.2, 0) is 18.2 Å². The Morgan fingerprint density at radius 1 is 1.35 bits per heavy atom. The van der Waals surface area contributed by atoms with E-state index in [0.29, 0.717) is 5.92 Å². The number of rotatable bonds is 6. The monoisotopic (exact) mass is 315 g/mol. The van der Waals surface area contributed by atoms with Gasteiger partial charge in [-0.2, -0.15) is 5.10 Å². The van der Waals surface area contributed by atoms with E-state index in [1.807, 2.05) is 24.9 Å². The van der Waals surface area contributed by atoms with Crippen LogP contribution < -0.4 is 5.32 Å². The van der Waals surface area contributed by atoms with Crippen molar-refractivity contribution in [2.24, 2.45) is 13.0 Å². The standard InChI is InChI=1S/C17H25N5O/c1-13-16(20-8-7-19-13)5-6-18-10-14-4-3-9-23-17(14)15-11-21-22(2)12-15/h7-8,11-12,14,17-18H,3-6,9-10H2,1-2H3/t14-,17+/m0/s1. The molecule has 0 spiro atoms. The van der Waals surface area contributed by atoms with Gasteiger partial charge in [-0.1, -0.05) is 0 Å². The van der Waals surface area contributed by atoms with Crippen molar-refractivity contribution in [3.8, 4) is 0 Å². The van der Waals surface area contributed by atoms with Crippen LogP contribution in [0.3, 0.4) is 0 Å². The molecule has 0 aliphatic carbocycles. The second-order valence-corrected chi connectivity index (χ2v) is 6.18. The molecule has 1 saturated heterocycles. The molecule has 0 amide bonds. The van der Waals surface area contributed by atoms with Crippen molar-refractivity contribution >= 4 is 0 Å². The highest BCUT2D eigenvalue weighted by Crippen LogP contribution is 2.32. The quantitative estimate of drug-likeness (QED) is 0.824. The fourth-order valence-corrected chi connectivity index (χ4v) is 3.18. The zero-order valence-electron chi connectivity index (χ0n) is 13.9. The third kappa shape index (κ3) is 4.14. The molecule has 0 bridgehead atoms. The van der Waals surface area contributed by atoms with E-state index >= 15 is 0 Å². The average Bonchev–Trinajstić information content (AvgIpc) is 3.00. The van der Waals surface area contributed by atoms with Gasteiger partial charge in [-0.05, 0) is 19.8 Å². The molecule has 23 heavy (non-hydrogen) atoms. The summed E-state index contributed by atoms with van der Waals surface area (Å²) in [5, 5.41) is 7.84. The minimum absolute atomic E-state index is 0.156. The molecular weight excluding hydrogens is 290 g/mol. The van der Waals surface area contributed by atoms with Crippen LogP contribution in [-0.4, -0.2) is 39.4 Å². The van der Waals surface area contributed by atoms with E-state index in [1.165, 1.54) is 12.0 Å². The van der Waals surface area contributed by atoms with Gasteiger partial charge in [0.05, 0.1) is 23.7 Å². The molecule has 3 rings (SSSR count). The zero-order chi connectivity index (χ0) is 16.1. The number of nitrogens with zero attached hydrogens (tertiary/aromatic N) is 4. The Kier molecular flexibility index (Phi) is 5.35. The summed E-state index contributed by atoms with van der Waals surface area (Å²) in [5.41, 5.74) is 3.27. The highest BCUT2D eigenvalue weighted by Gasteiger charge is 2.28. The number of ether oxygens (including phenoxy) is 1. The highest BCUT2D eigenvalue weighted by atomic mass is 16.5. The Bertz CT molecular complexity index is 627. The summed E-state index contributed by atoms with van der Waals surface area (Å²) in [4.78, 5) is 8.67. The Hall–Kier alpha value is -1.79. The molecule has 124 valence electrons. The molecule has 0 unspecified atom stereocenters. The molecule has 1 N–H and O–H groups in total. The normalized spacial score (nSPS) is 21.5. The number of hydrogen-bond acceptors (Lipinski definition) is 5. The smallest absolute Gasteiger partial charge is 0.0895 e. The molecule has 1 fully saturated rings. The lowest BCUT2D eigenvalue weighted by atomic mass is 9.91. The van der Waals surface area contributed by atoms with Crippen molar-refractivity contribution in [2.75, 3.05) is 19.7 Å². The fraction of sp³-hybridized carbons (Fsp3) is 0.588. The van der Waals surface area contributed by atoms with Crippen LogP contribution in [0.4, 0.5) is 0 Å². The number of aromatic nitrogens is 4. The number of aryl methyl sites for hydroxylation is 2. The Morgan fingerprint density at radius 3 is 3.00 bits per heavy atom. The largest absolute Gasteiger partial charge is 0.373 e.